The molecule has 3 rings (SSSR count). The molecular weight excluding hydrogens is 396 g/mol. The van der Waals surface area contributed by atoms with Crippen LogP contribution in [0, 0.1) is 0 Å². The van der Waals surface area contributed by atoms with Crippen LogP contribution in [0.2, 0.25) is 0 Å². The highest BCUT2D eigenvalue weighted by molar-refractivity contribution is 6.46. The van der Waals surface area contributed by atoms with E-state index in [1.54, 1.807) is 36.4 Å². The molecule has 31 heavy (non-hydrogen) atoms. The maximum Gasteiger partial charge on any atom is 0.295 e. The number of furan rings is 1. The number of carbonyl (C=O) groups is 2. The molecule has 0 saturated carbocycles. The van der Waals surface area contributed by atoms with Crippen LogP contribution in [-0.4, -0.2) is 58.9 Å². The first-order chi connectivity index (χ1) is 14.9. The van der Waals surface area contributed by atoms with Crippen molar-refractivity contribution in [3.8, 4) is 5.75 Å². The molecule has 2 heterocycles. The Morgan fingerprint density at radius 1 is 1.16 bits per heavy atom. The second-order valence-electron chi connectivity index (χ2n) is 7.73. The van der Waals surface area contributed by atoms with E-state index in [0.29, 0.717) is 30.2 Å². The van der Waals surface area contributed by atoms with E-state index in [-0.39, 0.29) is 17.4 Å². The van der Waals surface area contributed by atoms with Gasteiger partial charge in [0.1, 0.15) is 23.3 Å². The van der Waals surface area contributed by atoms with Gasteiger partial charge in [0.25, 0.3) is 11.7 Å². The summed E-state index contributed by atoms with van der Waals surface area (Å²) >= 11 is 0. The zero-order chi connectivity index (χ0) is 22.5. The monoisotopic (exact) mass is 426 g/mol. The molecule has 0 bridgehead atoms. The SMILES string of the molecule is CCN(CC)CCN1C(=O)C(=O)/C(=C(\O)c2ccc(OC(C)C)cc2)C1c1ccco1. The van der Waals surface area contributed by atoms with Crippen LogP contribution < -0.4 is 4.74 Å². The molecule has 0 spiro atoms. The van der Waals surface area contributed by atoms with Gasteiger partial charge in [-0.3, -0.25) is 9.59 Å². The maximum absolute atomic E-state index is 12.9. The molecule has 7 heteroatoms. The van der Waals surface area contributed by atoms with Crippen molar-refractivity contribution in [1.29, 1.82) is 0 Å². The summed E-state index contributed by atoms with van der Waals surface area (Å²) in [6.07, 6.45) is 1.52. The number of aliphatic hydroxyl groups is 1. The summed E-state index contributed by atoms with van der Waals surface area (Å²) in [5.74, 6) is -0.453. The van der Waals surface area contributed by atoms with Gasteiger partial charge in [0.05, 0.1) is 17.9 Å². The zero-order valence-corrected chi connectivity index (χ0v) is 18.5. The highest BCUT2D eigenvalue weighted by atomic mass is 16.5. The third-order valence-electron chi connectivity index (χ3n) is 5.40. The molecule has 2 aromatic rings. The average Bonchev–Trinajstić information content (AvgIpc) is 3.36. The number of likely N-dealkylation sites (tertiary alicyclic amines) is 1. The van der Waals surface area contributed by atoms with Gasteiger partial charge >= 0.3 is 0 Å². The summed E-state index contributed by atoms with van der Waals surface area (Å²) in [7, 11) is 0. The normalized spacial score (nSPS) is 18.4. The first-order valence-electron chi connectivity index (χ1n) is 10.7. The molecular formula is C24H30N2O5. The number of nitrogens with zero attached hydrogens (tertiary/aromatic N) is 2. The first-order valence-corrected chi connectivity index (χ1v) is 10.7. The van der Waals surface area contributed by atoms with E-state index in [4.69, 9.17) is 9.15 Å². The van der Waals surface area contributed by atoms with Crippen molar-refractivity contribution in [2.75, 3.05) is 26.2 Å². The molecule has 1 N–H and O–H groups in total. The van der Waals surface area contributed by atoms with Crippen LogP contribution in [0.1, 0.15) is 45.1 Å². The van der Waals surface area contributed by atoms with Crippen LogP contribution in [0.5, 0.6) is 5.75 Å². The standard InChI is InChI=1S/C24H30N2O5/c1-5-25(6-2)13-14-26-21(19-8-7-15-30-19)20(23(28)24(26)29)22(27)17-9-11-18(12-10-17)31-16(3)4/h7-12,15-16,21,27H,5-6,13-14H2,1-4H3/b22-20-. The fraction of sp³-hybridized carbons (Fsp3) is 0.417. The van der Waals surface area contributed by atoms with Gasteiger partial charge in [0.15, 0.2) is 0 Å². The van der Waals surface area contributed by atoms with Crippen molar-refractivity contribution in [2.45, 2.75) is 39.8 Å². The lowest BCUT2D eigenvalue weighted by Crippen LogP contribution is -2.37. The van der Waals surface area contributed by atoms with Crippen molar-refractivity contribution in [1.82, 2.24) is 9.80 Å². The van der Waals surface area contributed by atoms with Crippen LogP contribution >= 0.6 is 0 Å². The lowest BCUT2D eigenvalue weighted by atomic mass is 9.99. The lowest BCUT2D eigenvalue weighted by Gasteiger charge is -2.26. The Morgan fingerprint density at radius 3 is 2.39 bits per heavy atom. The predicted molar refractivity (Wildman–Crippen MR) is 118 cm³/mol. The fourth-order valence-electron chi connectivity index (χ4n) is 3.76. The fourth-order valence-corrected chi connectivity index (χ4v) is 3.76. The van der Waals surface area contributed by atoms with Gasteiger partial charge < -0.3 is 24.1 Å². The van der Waals surface area contributed by atoms with E-state index in [1.807, 2.05) is 27.7 Å². The highest BCUT2D eigenvalue weighted by Gasteiger charge is 2.47. The molecule has 1 fully saturated rings. The van der Waals surface area contributed by atoms with E-state index in [9.17, 15) is 14.7 Å². The molecule has 1 saturated heterocycles. The second-order valence-corrected chi connectivity index (χ2v) is 7.73. The van der Waals surface area contributed by atoms with Gasteiger partial charge in [-0.05, 0) is 63.3 Å². The summed E-state index contributed by atoms with van der Waals surface area (Å²) in [5.41, 5.74) is 0.478. The molecule has 7 nitrogen and oxygen atoms in total. The number of amides is 1. The number of aliphatic hydroxyl groups excluding tert-OH is 1. The Labute approximate surface area is 182 Å². The van der Waals surface area contributed by atoms with E-state index in [0.717, 1.165) is 13.1 Å². The summed E-state index contributed by atoms with van der Waals surface area (Å²) in [5, 5.41) is 11.0. The molecule has 1 aromatic carbocycles. The van der Waals surface area contributed by atoms with Crippen molar-refractivity contribution in [2.24, 2.45) is 0 Å². The molecule has 1 aromatic heterocycles. The summed E-state index contributed by atoms with van der Waals surface area (Å²) in [4.78, 5) is 29.5. The van der Waals surface area contributed by atoms with Crippen molar-refractivity contribution >= 4 is 17.4 Å². The zero-order valence-electron chi connectivity index (χ0n) is 18.5. The number of benzene rings is 1. The van der Waals surface area contributed by atoms with E-state index >= 15 is 0 Å². The van der Waals surface area contributed by atoms with Gasteiger partial charge in [0.2, 0.25) is 0 Å². The molecule has 1 atom stereocenters. The molecule has 1 amide bonds. The summed E-state index contributed by atoms with van der Waals surface area (Å²) < 4.78 is 11.2. The van der Waals surface area contributed by atoms with E-state index in [2.05, 4.69) is 4.90 Å². The Hall–Kier alpha value is -3.06. The molecule has 166 valence electrons. The quantitative estimate of drug-likeness (QED) is 0.373. The maximum atomic E-state index is 12.9. The van der Waals surface area contributed by atoms with Gasteiger partial charge in [0, 0.05) is 18.7 Å². The van der Waals surface area contributed by atoms with Crippen molar-refractivity contribution in [3.05, 3.63) is 59.6 Å². The number of rotatable bonds is 9. The number of hydrogen-bond donors (Lipinski definition) is 1. The molecule has 0 aliphatic carbocycles. The number of ketones is 1. The minimum Gasteiger partial charge on any atom is -0.507 e. The van der Waals surface area contributed by atoms with E-state index < -0.39 is 17.7 Å². The smallest absolute Gasteiger partial charge is 0.295 e. The van der Waals surface area contributed by atoms with Crippen molar-refractivity contribution in [3.63, 3.8) is 0 Å². The third-order valence-corrected chi connectivity index (χ3v) is 5.40. The van der Waals surface area contributed by atoms with E-state index in [1.165, 1.54) is 11.2 Å². The number of likely N-dealkylation sites (N-methyl/N-ethyl adjacent to an activating group) is 1. The minimum atomic E-state index is -0.767. The topological polar surface area (TPSA) is 83.2 Å². The average molecular weight is 427 g/mol. The second kappa shape index (κ2) is 9.83. The van der Waals surface area contributed by atoms with Gasteiger partial charge in [-0.15, -0.1) is 0 Å². The predicted octanol–water partition coefficient (Wildman–Crippen LogP) is 3.83. The molecule has 1 aliphatic rings. The number of carbonyl (C=O) groups excluding carboxylic acids is 2. The Bertz CT molecular complexity index is 927. The Balaban J connectivity index is 1.98. The molecule has 1 aliphatic heterocycles. The molecule has 0 radical (unpaired) electrons. The van der Waals surface area contributed by atoms with Crippen molar-refractivity contribution < 1.29 is 23.8 Å². The Morgan fingerprint density at radius 2 is 1.84 bits per heavy atom. The van der Waals surface area contributed by atoms with Crippen LogP contribution in [0.15, 0.2) is 52.7 Å². The number of hydrogen-bond acceptors (Lipinski definition) is 6. The summed E-state index contributed by atoms with van der Waals surface area (Å²) in [6, 6.07) is 9.47. The highest BCUT2D eigenvalue weighted by Crippen LogP contribution is 2.39. The number of ether oxygens (including phenoxy) is 1. The molecule has 1 unspecified atom stereocenters. The van der Waals surface area contributed by atoms with Gasteiger partial charge in [-0.25, -0.2) is 0 Å². The lowest BCUT2D eigenvalue weighted by molar-refractivity contribution is -0.140. The van der Waals surface area contributed by atoms with Gasteiger partial charge in [-0.2, -0.15) is 0 Å². The van der Waals surface area contributed by atoms with Crippen LogP contribution in [-0.2, 0) is 9.59 Å². The number of Topliss-reactive ketones (excluding diaryl/α,β-unsaturated/α-hetero) is 1. The van der Waals surface area contributed by atoms with Crippen LogP contribution in [0.25, 0.3) is 5.76 Å². The summed E-state index contributed by atoms with van der Waals surface area (Å²) in [6.45, 7) is 10.6. The Kier molecular flexibility index (Phi) is 7.17. The third kappa shape index (κ3) is 4.82. The first kappa shape index (κ1) is 22.6. The van der Waals surface area contributed by atoms with Crippen LogP contribution in [0.4, 0.5) is 0 Å². The largest absolute Gasteiger partial charge is 0.507 e. The minimum absolute atomic E-state index is 0.0227. The van der Waals surface area contributed by atoms with Gasteiger partial charge in [-0.1, -0.05) is 13.8 Å². The van der Waals surface area contributed by atoms with Crippen LogP contribution in [0.3, 0.4) is 0 Å².